The number of fused-ring (bicyclic) bond motifs is 1. The first kappa shape index (κ1) is 21.1. The van der Waals surface area contributed by atoms with E-state index in [4.69, 9.17) is 15.5 Å². The predicted molar refractivity (Wildman–Crippen MR) is 136 cm³/mol. The highest BCUT2D eigenvalue weighted by atomic mass is 32.1. The number of amides is 1. The number of ether oxygens (including phenoxy) is 1. The van der Waals surface area contributed by atoms with E-state index in [9.17, 15) is 4.79 Å². The van der Waals surface area contributed by atoms with E-state index in [0.717, 1.165) is 38.5 Å². The van der Waals surface area contributed by atoms with E-state index in [2.05, 4.69) is 22.4 Å². The fourth-order valence-corrected chi connectivity index (χ4v) is 5.15. The van der Waals surface area contributed by atoms with Gasteiger partial charge in [-0.1, -0.05) is 42.0 Å². The Labute approximate surface area is 198 Å². The molecule has 0 unspecified atom stereocenters. The van der Waals surface area contributed by atoms with Crippen LogP contribution in [0.1, 0.15) is 15.2 Å². The number of carbonyl (C=O) groups is 1. The van der Waals surface area contributed by atoms with Gasteiger partial charge in [0.2, 0.25) is 0 Å². The van der Waals surface area contributed by atoms with Crippen LogP contribution in [0.15, 0.2) is 66.0 Å². The summed E-state index contributed by atoms with van der Waals surface area (Å²) in [5.74, 6) is 0.459. The third-order valence-corrected chi connectivity index (χ3v) is 7.11. The Bertz CT molecular complexity index is 1470. The highest BCUT2D eigenvalue weighted by molar-refractivity contribution is 7.21. The molecule has 0 bridgehead atoms. The molecular weight excluding hydrogens is 452 g/mol. The van der Waals surface area contributed by atoms with E-state index in [-0.39, 0.29) is 5.91 Å². The molecular formula is C25H20N4O2S2. The van der Waals surface area contributed by atoms with Crippen LogP contribution in [0.2, 0.25) is 0 Å². The number of nitrogen functional groups attached to an aromatic ring is 1. The molecule has 0 atom stereocenters. The summed E-state index contributed by atoms with van der Waals surface area (Å²) in [7, 11) is 1.62. The van der Waals surface area contributed by atoms with Gasteiger partial charge in [0.1, 0.15) is 15.5 Å². The molecule has 5 aromatic rings. The first-order chi connectivity index (χ1) is 16.0. The SMILES string of the molecule is COc1cccc(-c2csc(NC(=O)c3sc4nc(-c5ccc(C)cc5)ccc4c3N)n2)c1. The molecule has 164 valence electrons. The smallest absolute Gasteiger partial charge is 0.269 e. The van der Waals surface area contributed by atoms with Crippen molar-refractivity contribution in [3.05, 3.63) is 76.5 Å². The minimum Gasteiger partial charge on any atom is -0.497 e. The van der Waals surface area contributed by atoms with Gasteiger partial charge < -0.3 is 10.5 Å². The van der Waals surface area contributed by atoms with Gasteiger partial charge in [0.05, 0.1) is 24.2 Å². The number of pyridine rings is 1. The first-order valence-corrected chi connectivity index (χ1v) is 11.9. The molecule has 0 saturated carbocycles. The van der Waals surface area contributed by atoms with Crippen molar-refractivity contribution < 1.29 is 9.53 Å². The van der Waals surface area contributed by atoms with E-state index in [1.165, 1.54) is 28.2 Å². The molecule has 0 aliphatic rings. The van der Waals surface area contributed by atoms with E-state index >= 15 is 0 Å². The second-order valence-electron chi connectivity index (χ2n) is 7.48. The quantitative estimate of drug-likeness (QED) is 0.316. The molecule has 0 aliphatic heterocycles. The van der Waals surface area contributed by atoms with Crippen LogP contribution < -0.4 is 15.8 Å². The van der Waals surface area contributed by atoms with Crippen molar-refractivity contribution in [2.24, 2.45) is 0 Å². The molecule has 0 saturated heterocycles. The topological polar surface area (TPSA) is 90.1 Å². The van der Waals surface area contributed by atoms with Gasteiger partial charge in [0.15, 0.2) is 5.13 Å². The summed E-state index contributed by atoms with van der Waals surface area (Å²) in [6.07, 6.45) is 0. The van der Waals surface area contributed by atoms with Gasteiger partial charge in [0.25, 0.3) is 5.91 Å². The number of thiophene rings is 1. The highest BCUT2D eigenvalue weighted by Gasteiger charge is 2.19. The zero-order valence-corrected chi connectivity index (χ0v) is 19.6. The minimum atomic E-state index is -0.293. The third-order valence-electron chi connectivity index (χ3n) is 5.24. The maximum atomic E-state index is 13.0. The van der Waals surface area contributed by atoms with Gasteiger partial charge in [-0.25, -0.2) is 9.97 Å². The molecule has 33 heavy (non-hydrogen) atoms. The molecule has 3 heterocycles. The standard InChI is InChI=1S/C25H20N4O2S2/c1-14-6-8-15(9-7-14)19-11-10-18-21(26)22(33-24(18)27-19)23(30)29-25-28-20(13-32-25)16-4-3-5-17(12-16)31-2/h3-13H,26H2,1-2H3,(H,28,29,30). The van der Waals surface area contributed by atoms with E-state index < -0.39 is 0 Å². The Balaban J connectivity index is 1.40. The van der Waals surface area contributed by atoms with Crippen molar-refractivity contribution in [1.82, 2.24) is 9.97 Å². The molecule has 2 aromatic carbocycles. The normalized spacial score (nSPS) is 11.0. The van der Waals surface area contributed by atoms with Gasteiger partial charge in [0, 0.05) is 21.9 Å². The number of benzene rings is 2. The zero-order valence-electron chi connectivity index (χ0n) is 18.0. The fourth-order valence-electron chi connectivity index (χ4n) is 3.45. The summed E-state index contributed by atoms with van der Waals surface area (Å²) >= 11 is 2.64. The van der Waals surface area contributed by atoms with E-state index in [1.807, 2.05) is 60.8 Å². The molecule has 1 amide bonds. The number of anilines is 2. The zero-order chi connectivity index (χ0) is 22.9. The number of nitrogens with zero attached hydrogens (tertiary/aromatic N) is 2. The van der Waals surface area contributed by atoms with Crippen LogP contribution in [-0.4, -0.2) is 23.0 Å². The summed E-state index contributed by atoms with van der Waals surface area (Å²) in [5, 5.41) is 6.05. The fraction of sp³-hybridized carbons (Fsp3) is 0.0800. The van der Waals surface area contributed by atoms with Gasteiger partial charge in [-0.3, -0.25) is 10.1 Å². The largest absolute Gasteiger partial charge is 0.497 e. The van der Waals surface area contributed by atoms with Crippen molar-refractivity contribution >= 4 is 49.6 Å². The summed E-state index contributed by atoms with van der Waals surface area (Å²) < 4.78 is 5.28. The molecule has 6 nitrogen and oxygen atoms in total. The summed E-state index contributed by atoms with van der Waals surface area (Å²) in [6, 6.07) is 19.7. The molecule has 5 rings (SSSR count). The minimum absolute atomic E-state index is 0.293. The van der Waals surface area contributed by atoms with Crippen LogP contribution in [-0.2, 0) is 0 Å². The van der Waals surface area contributed by atoms with Crippen molar-refractivity contribution in [3.63, 3.8) is 0 Å². The van der Waals surface area contributed by atoms with Crippen molar-refractivity contribution in [1.29, 1.82) is 0 Å². The Morgan fingerprint density at radius 1 is 1.00 bits per heavy atom. The van der Waals surface area contributed by atoms with Crippen LogP contribution >= 0.6 is 22.7 Å². The number of rotatable bonds is 5. The molecule has 0 aliphatic carbocycles. The summed E-state index contributed by atoms with van der Waals surface area (Å²) in [4.78, 5) is 23.4. The summed E-state index contributed by atoms with van der Waals surface area (Å²) in [6.45, 7) is 2.05. The Morgan fingerprint density at radius 3 is 2.61 bits per heavy atom. The van der Waals surface area contributed by atoms with Crippen LogP contribution in [0.5, 0.6) is 5.75 Å². The molecule has 3 aromatic heterocycles. The molecule has 0 radical (unpaired) electrons. The second kappa shape index (κ2) is 8.65. The first-order valence-electron chi connectivity index (χ1n) is 10.2. The number of nitrogens with two attached hydrogens (primary N) is 1. The predicted octanol–water partition coefficient (Wildman–Crippen LogP) is 6.24. The van der Waals surface area contributed by atoms with E-state index in [0.29, 0.717) is 15.7 Å². The van der Waals surface area contributed by atoms with E-state index in [1.54, 1.807) is 7.11 Å². The van der Waals surface area contributed by atoms with Crippen LogP contribution in [0, 0.1) is 6.92 Å². The summed E-state index contributed by atoms with van der Waals surface area (Å²) in [5.41, 5.74) is 11.5. The molecule has 8 heteroatoms. The lowest BCUT2D eigenvalue weighted by Gasteiger charge is -2.02. The lowest BCUT2D eigenvalue weighted by atomic mass is 10.1. The number of aryl methyl sites for hydroxylation is 1. The van der Waals surface area contributed by atoms with Gasteiger partial charge in [-0.15, -0.1) is 22.7 Å². The maximum Gasteiger partial charge on any atom is 0.269 e. The molecule has 0 fully saturated rings. The number of hydrogen-bond donors (Lipinski definition) is 2. The van der Waals surface area contributed by atoms with Crippen molar-refractivity contribution in [2.75, 3.05) is 18.2 Å². The Kier molecular flexibility index (Phi) is 5.53. The Morgan fingerprint density at radius 2 is 1.82 bits per heavy atom. The number of aromatic nitrogens is 2. The van der Waals surface area contributed by atoms with Gasteiger partial charge in [-0.05, 0) is 31.2 Å². The molecule has 0 spiro atoms. The average molecular weight is 473 g/mol. The number of carbonyl (C=O) groups excluding carboxylic acids is 1. The monoisotopic (exact) mass is 472 g/mol. The lowest BCUT2D eigenvalue weighted by Crippen LogP contribution is -2.11. The van der Waals surface area contributed by atoms with Crippen molar-refractivity contribution in [3.8, 4) is 28.3 Å². The van der Waals surface area contributed by atoms with Gasteiger partial charge in [-0.2, -0.15) is 0 Å². The van der Waals surface area contributed by atoms with Crippen molar-refractivity contribution in [2.45, 2.75) is 6.92 Å². The third kappa shape index (κ3) is 4.18. The number of hydrogen-bond acceptors (Lipinski definition) is 7. The highest BCUT2D eigenvalue weighted by Crippen LogP contribution is 2.35. The Hall–Kier alpha value is -3.75. The maximum absolute atomic E-state index is 13.0. The lowest BCUT2D eigenvalue weighted by molar-refractivity contribution is 0.103. The molecule has 3 N–H and O–H groups in total. The number of nitrogens with one attached hydrogen (secondary N) is 1. The van der Waals surface area contributed by atoms with Crippen LogP contribution in [0.25, 0.3) is 32.7 Å². The number of methoxy groups -OCH3 is 1. The van der Waals surface area contributed by atoms with Crippen LogP contribution in [0.4, 0.5) is 10.8 Å². The number of thiazole rings is 1. The van der Waals surface area contributed by atoms with Crippen LogP contribution in [0.3, 0.4) is 0 Å². The van der Waals surface area contributed by atoms with Gasteiger partial charge >= 0.3 is 0 Å². The average Bonchev–Trinajstić information content (AvgIpc) is 3.44. The second-order valence-corrected chi connectivity index (χ2v) is 9.34.